The molecule has 2 unspecified atom stereocenters. The highest BCUT2D eigenvalue weighted by molar-refractivity contribution is 5.77. The molecule has 2 amide bonds. The monoisotopic (exact) mass is 530 g/mol. The fourth-order valence-corrected chi connectivity index (χ4v) is 3.67. The molecule has 9 heteroatoms. The molecule has 0 aromatic rings. The number of hydrogen-bond acceptors (Lipinski definition) is 7. The van der Waals surface area contributed by atoms with E-state index in [1.54, 1.807) is 0 Å². The third-order valence-electron chi connectivity index (χ3n) is 5.74. The zero-order valence-electron chi connectivity index (χ0n) is 24.7. The highest BCUT2D eigenvalue weighted by atomic mass is 16.5. The van der Waals surface area contributed by atoms with Gasteiger partial charge in [0.2, 0.25) is 11.8 Å². The van der Waals surface area contributed by atoms with Crippen molar-refractivity contribution in [2.24, 2.45) is 17.4 Å². The van der Waals surface area contributed by atoms with Gasteiger partial charge < -0.3 is 37.5 Å². The Morgan fingerprint density at radius 3 is 1.92 bits per heavy atom. The molecule has 0 radical (unpaired) electrons. The molecule has 1 fully saturated rings. The molecular weight excluding hydrogens is 468 g/mol. The third-order valence-corrected chi connectivity index (χ3v) is 5.74. The van der Waals surface area contributed by atoms with Crippen molar-refractivity contribution >= 4 is 11.8 Å². The molecule has 0 saturated heterocycles. The van der Waals surface area contributed by atoms with Gasteiger partial charge in [0, 0.05) is 13.1 Å². The molecule has 1 aliphatic rings. The van der Waals surface area contributed by atoms with Crippen molar-refractivity contribution in [2.75, 3.05) is 59.0 Å². The first-order valence-corrected chi connectivity index (χ1v) is 14.9. The molecule has 1 aliphatic carbocycles. The number of ether oxygens (including phenoxy) is 1. The standard InChI is InChI=1S/C13H25NO2.C12H29N5O.C3H8/c1-3-4-8-14-13(15)10-16-12-7-5-6-11(2)9-12;13-5-3-8-15-6-1-2-7-16-9-4-10-17-12(18)11-14;1-3-2/h11-12H,3-10H2,1-2H3,(H,14,15);15-16H,1-11,13-14H2,(H,17,18);3H2,1-2H3. The molecule has 1 rings (SSSR count). The Morgan fingerprint density at radius 2 is 1.35 bits per heavy atom. The van der Waals surface area contributed by atoms with Crippen molar-refractivity contribution in [3.8, 4) is 0 Å². The number of amides is 2. The fraction of sp³-hybridized carbons (Fsp3) is 0.929. The molecule has 2 atom stereocenters. The summed E-state index contributed by atoms with van der Waals surface area (Å²) in [5.74, 6) is 0.701. The van der Waals surface area contributed by atoms with E-state index < -0.39 is 0 Å². The maximum absolute atomic E-state index is 11.4. The van der Waals surface area contributed by atoms with E-state index in [1.807, 2.05) is 0 Å². The van der Waals surface area contributed by atoms with Gasteiger partial charge in [-0.15, -0.1) is 0 Å². The number of rotatable bonds is 19. The normalized spacial score (nSPS) is 16.6. The summed E-state index contributed by atoms with van der Waals surface area (Å²) in [4.78, 5) is 22.2. The minimum Gasteiger partial charge on any atom is -0.368 e. The Bertz CT molecular complexity index is 497. The Kier molecular flexibility index (Phi) is 31.7. The van der Waals surface area contributed by atoms with Crippen molar-refractivity contribution in [3.05, 3.63) is 0 Å². The van der Waals surface area contributed by atoms with Crippen LogP contribution in [0.3, 0.4) is 0 Å². The number of nitrogens with two attached hydrogens (primary N) is 2. The third kappa shape index (κ3) is 30.9. The minimum absolute atomic E-state index is 0.0340. The smallest absolute Gasteiger partial charge is 0.246 e. The molecule has 0 aliphatic heterocycles. The average molecular weight is 531 g/mol. The molecule has 37 heavy (non-hydrogen) atoms. The van der Waals surface area contributed by atoms with Gasteiger partial charge in [-0.3, -0.25) is 9.59 Å². The van der Waals surface area contributed by atoms with E-state index in [4.69, 9.17) is 16.2 Å². The van der Waals surface area contributed by atoms with Crippen LogP contribution < -0.4 is 32.7 Å². The van der Waals surface area contributed by atoms with E-state index >= 15 is 0 Å². The lowest BCUT2D eigenvalue weighted by Crippen LogP contribution is -2.32. The van der Waals surface area contributed by atoms with Gasteiger partial charge in [-0.25, -0.2) is 0 Å². The zero-order chi connectivity index (χ0) is 28.0. The number of nitrogens with one attached hydrogen (secondary N) is 4. The lowest BCUT2D eigenvalue weighted by Gasteiger charge is -2.26. The van der Waals surface area contributed by atoms with Crippen LogP contribution >= 0.6 is 0 Å². The van der Waals surface area contributed by atoms with Crippen LogP contribution in [-0.4, -0.2) is 76.9 Å². The van der Waals surface area contributed by atoms with Crippen LogP contribution in [0, 0.1) is 5.92 Å². The lowest BCUT2D eigenvalue weighted by atomic mass is 9.89. The molecule has 222 valence electrons. The van der Waals surface area contributed by atoms with Crippen LogP contribution in [0.1, 0.15) is 98.3 Å². The van der Waals surface area contributed by atoms with E-state index in [2.05, 4.69) is 49.0 Å². The molecule has 9 nitrogen and oxygen atoms in total. The fourth-order valence-electron chi connectivity index (χ4n) is 3.67. The molecule has 0 spiro atoms. The summed E-state index contributed by atoms with van der Waals surface area (Å²) in [6.07, 6.45) is 12.8. The highest BCUT2D eigenvalue weighted by Gasteiger charge is 2.19. The maximum atomic E-state index is 11.4. The van der Waals surface area contributed by atoms with Crippen molar-refractivity contribution in [2.45, 2.75) is 104 Å². The van der Waals surface area contributed by atoms with E-state index in [0.29, 0.717) is 12.6 Å². The van der Waals surface area contributed by atoms with Crippen LogP contribution in [0.2, 0.25) is 0 Å². The Labute approximate surface area is 228 Å². The average Bonchev–Trinajstić information content (AvgIpc) is 2.89. The second-order valence-electron chi connectivity index (χ2n) is 9.87. The SMILES string of the molecule is CCC.CCCCNC(=O)COC1CCCC(C)C1.NCCCNCCCCNCCCNC(=O)CN. The number of unbranched alkanes of at least 4 members (excludes halogenated alkanes) is 2. The summed E-state index contributed by atoms with van der Waals surface area (Å²) in [5, 5.41) is 12.3. The van der Waals surface area contributed by atoms with Gasteiger partial charge in [-0.1, -0.05) is 53.4 Å². The minimum atomic E-state index is -0.0847. The van der Waals surface area contributed by atoms with Crippen LogP contribution in [0.25, 0.3) is 0 Å². The molecule has 0 heterocycles. The molecule has 0 bridgehead atoms. The largest absolute Gasteiger partial charge is 0.368 e. The molecule has 0 aromatic carbocycles. The summed E-state index contributed by atoms with van der Waals surface area (Å²) in [7, 11) is 0. The van der Waals surface area contributed by atoms with E-state index in [0.717, 1.165) is 83.7 Å². The first kappa shape index (κ1) is 37.9. The van der Waals surface area contributed by atoms with E-state index in [-0.39, 0.29) is 25.0 Å². The first-order valence-electron chi connectivity index (χ1n) is 14.9. The maximum Gasteiger partial charge on any atom is 0.246 e. The summed E-state index contributed by atoms with van der Waals surface area (Å²) >= 11 is 0. The van der Waals surface area contributed by atoms with Crippen LogP contribution in [0.15, 0.2) is 0 Å². The molecule has 8 N–H and O–H groups in total. The van der Waals surface area contributed by atoms with Gasteiger partial charge in [0.1, 0.15) is 6.61 Å². The summed E-state index contributed by atoms with van der Waals surface area (Å²) in [6.45, 7) is 15.2. The molecule has 0 aromatic heterocycles. The predicted octanol–water partition coefficient (Wildman–Crippen LogP) is 2.67. The van der Waals surface area contributed by atoms with Crippen LogP contribution in [0.4, 0.5) is 0 Å². The van der Waals surface area contributed by atoms with Gasteiger partial charge in [0.05, 0.1) is 12.6 Å². The van der Waals surface area contributed by atoms with E-state index in [9.17, 15) is 9.59 Å². The van der Waals surface area contributed by atoms with Gasteiger partial charge in [-0.2, -0.15) is 0 Å². The number of carbonyl (C=O) groups is 2. The van der Waals surface area contributed by atoms with Crippen molar-refractivity contribution in [1.82, 2.24) is 21.3 Å². The van der Waals surface area contributed by atoms with E-state index in [1.165, 1.54) is 32.1 Å². The predicted molar refractivity (Wildman–Crippen MR) is 157 cm³/mol. The summed E-state index contributed by atoms with van der Waals surface area (Å²) < 4.78 is 5.63. The first-order chi connectivity index (χ1) is 17.9. The van der Waals surface area contributed by atoms with Crippen molar-refractivity contribution in [3.63, 3.8) is 0 Å². The van der Waals surface area contributed by atoms with Gasteiger partial charge in [0.25, 0.3) is 0 Å². The van der Waals surface area contributed by atoms with Crippen molar-refractivity contribution in [1.29, 1.82) is 0 Å². The number of hydrogen-bond donors (Lipinski definition) is 6. The molecule has 1 saturated carbocycles. The Balaban J connectivity index is 0. The van der Waals surface area contributed by atoms with Crippen molar-refractivity contribution < 1.29 is 14.3 Å². The second-order valence-corrected chi connectivity index (χ2v) is 9.87. The zero-order valence-corrected chi connectivity index (χ0v) is 24.7. The Morgan fingerprint density at radius 1 is 0.784 bits per heavy atom. The highest BCUT2D eigenvalue weighted by Crippen LogP contribution is 2.25. The summed E-state index contributed by atoms with van der Waals surface area (Å²) in [6, 6.07) is 0. The number of carbonyl (C=O) groups excluding carboxylic acids is 2. The topological polar surface area (TPSA) is 144 Å². The molecular formula is C28H62N6O3. The summed E-state index contributed by atoms with van der Waals surface area (Å²) in [5.41, 5.74) is 10.6. The van der Waals surface area contributed by atoms with Crippen LogP contribution in [0.5, 0.6) is 0 Å². The lowest BCUT2D eigenvalue weighted by molar-refractivity contribution is -0.128. The quantitative estimate of drug-likeness (QED) is 0.141. The van der Waals surface area contributed by atoms with Gasteiger partial charge >= 0.3 is 0 Å². The van der Waals surface area contributed by atoms with Crippen LogP contribution in [-0.2, 0) is 14.3 Å². The van der Waals surface area contributed by atoms with Gasteiger partial charge in [-0.05, 0) is 83.6 Å². The second kappa shape index (κ2) is 31.0. The van der Waals surface area contributed by atoms with Gasteiger partial charge in [0.15, 0.2) is 0 Å². The Hall–Kier alpha value is -1.26.